The molecule has 1 amide bonds. The first kappa shape index (κ1) is 11.9. The van der Waals surface area contributed by atoms with Crippen molar-refractivity contribution in [1.29, 1.82) is 0 Å². The number of aromatic nitrogens is 1. The van der Waals surface area contributed by atoms with Gasteiger partial charge in [-0.1, -0.05) is 31.0 Å². The molecule has 0 unspecified atom stereocenters. The van der Waals surface area contributed by atoms with Crippen LogP contribution in [-0.2, 0) is 4.79 Å². The Labute approximate surface area is 101 Å². The van der Waals surface area contributed by atoms with Crippen molar-refractivity contribution in [2.45, 2.75) is 44.9 Å². The van der Waals surface area contributed by atoms with E-state index in [1.165, 1.54) is 38.2 Å². The minimum absolute atomic E-state index is 0.264. The second-order valence-electron chi connectivity index (χ2n) is 4.55. The molecule has 1 fully saturated rings. The minimum atomic E-state index is -0.264. The predicted molar refractivity (Wildman–Crippen MR) is 65.9 cm³/mol. The summed E-state index contributed by atoms with van der Waals surface area (Å²) >= 11 is 0. The molecular weight excluding hydrogens is 216 g/mol. The van der Waals surface area contributed by atoms with Crippen molar-refractivity contribution in [1.82, 2.24) is 5.16 Å². The predicted octanol–water partition coefficient (Wildman–Crippen LogP) is 3.16. The molecule has 1 aromatic heterocycles. The Hall–Kier alpha value is -1.58. The Bertz CT molecular complexity index is 417. The topological polar surface area (TPSA) is 55.1 Å². The fraction of sp³-hybridized carbons (Fsp3) is 0.538. The van der Waals surface area contributed by atoms with Gasteiger partial charge in [0.2, 0.25) is 11.8 Å². The zero-order chi connectivity index (χ0) is 12.3. The van der Waals surface area contributed by atoms with E-state index in [0.717, 1.165) is 11.3 Å². The molecule has 0 spiro atoms. The molecule has 0 saturated heterocycles. The molecule has 0 aromatic carbocycles. The highest BCUT2D eigenvalue weighted by Crippen LogP contribution is 2.35. The molecule has 92 valence electrons. The third kappa shape index (κ3) is 2.57. The van der Waals surface area contributed by atoms with Crippen LogP contribution in [0.4, 0.5) is 5.88 Å². The lowest BCUT2D eigenvalue weighted by molar-refractivity contribution is -0.112. The lowest BCUT2D eigenvalue weighted by Gasteiger charge is -2.19. The summed E-state index contributed by atoms with van der Waals surface area (Å²) in [5.74, 6) is 0.678. The van der Waals surface area contributed by atoms with Crippen molar-refractivity contribution in [3.8, 4) is 0 Å². The lowest BCUT2D eigenvalue weighted by atomic mass is 9.86. The van der Waals surface area contributed by atoms with Crippen molar-refractivity contribution in [3.63, 3.8) is 0 Å². The number of nitrogens with zero attached hydrogens (tertiary/aromatic N) is 1. The fourth-order valence-electron chi connectivity index (χ4n) is 2.38. The summed E-state index contributed by atoms with van der Waals surface area (Å²) in [6.45, 7) is 5.35. The molecule has 0 bridgehead atoms. The number of hydrogen-bond acceptors (Lipinski definition) is 3. The Morgan fingerprint density at radius 3 is 2.82 bits per heavy atom. The third-order valence-corrected chi connectivity index (χ3v) is 3.37. The Morgan fingerprint density at radius 1 is 1.47 bits per heavy atom. The summed E-state index contributed by atoms with van der Waals surface area (Å²) in [6.07, 6.45) is 7.39. The van der Waals surface area contributed by atoms with E-state index >= 15 is 0 Å². The molecular formula is C13H18N2O2. The van der Waals surface area contributed by atoms with Crippen LogP contribution in [0, 0.1) is 6.92 Å². The average Bonchev–Trinajstić information content (AvgIpc) is 2.72. The van der Waals surface area contributed by atoms with Gasteiger partial charge in [-0.3, -0.25) is 10.1 Å². The molecule has 1 heterocycles. The van der Waals surface area contributed by atoms with E-state index in [1.54, 1.807) is 0 Å². The fourth-order valence-corrected chi connectivity index (χ4v) is 2.38. The van der Waals surface area contributed by atoms with Crippen LogP contribution in [0.25, 0.3) is 0 Å². The molecule has 0 radical (unpaired) electrons. The highest BCUT2D eigenvalue weighted by molar-refractivity contribution is 5.98. The van der Waals surface area contributed by atoms with Crippen LogP contribution in [0.3, 0.4) is 0 Å². The van der Waals surface area contributed by atoms with Gasteiger partial charge in [-0.25, -0.2) is 0 Å². The van der Waals surface area contributed by atoms with Crippen molar-refractivity contribution in [3.05, 3.63) is 23.9 Å². The van der Waals surface area contributed by atoms with Gasteiger partial charge in [-0.2, -0.15) is 0 Å². The van der Waals surface area contributed by atoms with Crippen molar-refractivity contribution in [2.75, 3.05) is 5.32 Å². The van der Waals surface area contributed by atoms with E-state index in [1.807, 2.05) is 6.92 Å². The van der Waals surface area contributed by atoms with Crippen LogP contribution in [0.1, 0.15) is 49.3 Å². The summed E-state index contributed by atoms with van der Waals surface area (Å²) < 4.78 is 5.19. The second-order valence-corrected chi connectivity index (χ2v) is 4.55. The van der Waals surface area contributed by atoms with E-state index < -0.39 is 0 Å². The summed E-state index contributed by atoms with van der Waals surface area (Å²) in [7, 11) is 0. The van der Waals surface area contributed by atoms with Crippen molar-refractivity contribution < 1.29 is 9.32 Å². The number of carbonyl (C=O) groups is 1. The molecule has 4 heteroatoms. The SMILES string of the molecule is C=CC(=O)Nc1onc(C2CCCCC2)c1C. The smallest absolute Gasteiger partial charge is 0.250 e. The van der Waals surface area contributed by atoms with Gasteiger partial charge >= 0.3 is 0 Å². The molecule has 2 rings (SSSR count). The minimum Gasteiger partial charge on any atom is -0.338 e. The van der Waals surface area contributed by atoms with E-state index in [2.05, 4.69) is 17.1 Å². The summed E-state index contributed by atoms with van der Waals surface area (Å²) in [5.41, 5.74) is 1.95. The first-order chi connectivity index (χ1) is 8.22. The Morgan fingerprint density at radius 2 is 2.18 bits per heavy atom. The van der Waals surface area contributed by atoms with Gasteiger partial charge in [0.1, 0.15) is 0 Å². The van der Waals surface area contributed by atoms with E-state index in [0.29, 0.717) is 11.8 Å². The Kier molecular flexibility index (Phi) is 3.61. The van der Waals surface area contributed by atoms with Crippen molar-refractivity contribution in [2.24, 2.45) is 0 Å². The van der Waals surface area contributed by atoms with Crippen LogP contribution >= 0.6 is 0 Å². The zero-order valence-electron chi connectivity index (χ0n) is 10.2. The molecule has 1 aromatic rings. The maximum absolute atomic E-state index is 11.2. The molecule has 1 aliphatic carbocycles. The monoisotopic (exact) mass is 234 g/mol. The molecule has 4 nitrogen and oxygen atoms in total. The molecule has 0 atom stereocenters. The number of amides is 1. The number of anilines is 1. The van der Waals surface area contributed by atoms with E-state index in [9.17, 15) is 4.79 Å². The summed E-state index contributed by atoms with van der Waals surface area (Å²) in [6, 6.07) is 0. The van der Waals surface area contributed by atoms with Gasteiger partial charge in [0.15, 0.2) is 0 Å². The standard InChI is InChI=1S/C13H18N2O2/c1-3-11(16)14-13-9(2)12(15-17-13)10-7-5-4-6-8-10/h3,10H,1,4-8H2,2H3,(H,14,16). The quantitative estimate of drug-likeness (QED) is 0.817. The summed E-state index contributed by atoms with van der Waals surface area (Å²) in [5, 5.41) is 6.74. The largest absolute Gasteiger partial charge is 0.338 e. The molecule has 1 N–H and O–H groups in total. The maximum Gasteiger partial charge on any atom is 0.250 e. The summed E-state index contributed by atoms with van der Waals surface area (Å²) in [4.78, 5) is 11.2. The first-order valence-electron chi connectivity index (χ1n) is 6.12. The maximum atomic E-state index is 11.2. The van der Waals surface area contributed by atoms with Crippen molar-refractivity contribution >= 4 is 11.8 Å². The van der Waals surface area contributed by atoms with Crippen LogP contribution in [0.5, 0.6) is 0 Å². The van der Waals surface area contributed by atoms with Gasteiger partial charge in [0.05, 0.1) is 5.69 Å². The first-order valence-corrected chi connectivity index (χ1v) is 6.12. The van der Waals surface area contributed by atoms with Crippen LogP contribution < -0.4 is 5.32 Å². The molecule has 0 aliphatic heterocycles. The van der Waals surface area contributed by atoms with Crippen LogP contribution in [0.15, 0.2) is 17.2 Å². The second kappa shape index (κ2) is 5.17. The van der Waals surface area contributed by atoms with E-state index in [-0.39, 0.29) is 5.91 Å². The zero-order valence-corrected chi connectivity index (χ0v) is 10.2. The third-order valence-electron chi connectivity index (χ3n) is 3.37. The van der Waals surface area contributed by atoms with Gasteiger partial charge in [-0.15, -0.1) is 0 Å². The number of carbonyl (C=O) groups excluding carboxylic acids is 1. The Balaban J connectivity index is 2.13. The van der Waals surface area contributed by atoms with Crippen LogP contribution in [0.2, 0.25) is 0 Å². The van der Waals surface area contributed by atoms with Gasteiger partial charge in [-0.05, 0) is 25.8 Å². The lowest BCUT2D eigenvalue weighted by Crippen LogP contribution is -2.09. The highest BCUT2D eigenvalue weighted by Gasteiger charge is 2.23. The van der Waals surface area contributed by atoms with Gasteiger partial charge in [0.25, 0.3) is 0 Å². The highest BCUT2D eigenvalue weighted by atomic mass is 16.5. The molecule has 1 saturated carbocycles. The van der Waals surface area contributed by atoms with E-state index in [4.69, 9.17) is 4.52 Å². The van der Waals surface area contributed by atoms with Gasteiger partial charge < -0.3 is 4.52 Å². The average molecular weight is 234 g/mol. The number of rotatable bonds is 3. The van der Waals surface area contributed by atoms with Gasteiger partial charge in [0, 0.05) is 11.5 Å². The molecule has 1 aliphatic rings. The number of nitrogens with one attached hydrogen (secondary N) is 1. The normalized spacial score (nSPS) is 16.8. The number of hydrogen-bond donors (Lipinski definition) is 1. The van der Waals surface area contributed by atoms with Crippen LogP contribution in [-0.4, -0.2) is 11.1 Å². The molecule has 17 heavy (non-hydrogen) atoms.